The Hall–Kier alpha value is -2.62. The van der Waals surface area contributed by atoms with E-state index in [4.69, 9.17) is 9.47 Å². The van der Waals surface area contributed by atoms with Crippen molar-refractivity contribution in [1.29, 1.82) is 0 Å². The maximum atomic E-state index is 12.1. The van der Waals surface area contributed by atoms with E-state index in [-0.39, 0.29) is 11.2 Å². The Kier molecular flexibility index (Phi) is 7.17. The molecule has 0 aromatic heterocycles. The number of rotatable bonds is 5. The molecule has 0 heterocycles. The number of ketones is 1. The van der Waals surface area contributed by atoms with Gasteiger partial charge in [-0.3, -0.25) is 9.59 Å². The predicted octanol–water partition coefficient (Wildman–Crippen LogP) is 5.09. The van der Waals surface area contributed by atoms with E-state index >= 15 is 0 Å². The van der Waals surface area contributed by atoms with Crippen molar-refractivity contribution in [2.45, 2.75) is 40.0 Å². The van der Waals surface area contributed by atoms with Crippen molar-refractivity contribution >= 4 is 12.1 Å². The monoisotopic (exact) mass is 368 g/mol. The molecule has 0 amide bonds. The Morgan fingerprint density at radius 1 is 1.19 bits per heavy atom. The zero-order chi connectivity index (χ0) is 19.9. The molecular formula is C23H28O4. The number of hydrogen-bond acceptors (Lipinski definition) is 4. The van der Waals surface area contributed by atoms with Crippen LogP contribution in [0.5, 0.6) is 11.5 Å². The fourth-order valence-electron chi connectivity index (χ4n) is 2.76. The number of ether oxygens (including phenoxy) is 2. The fraction of sp³-hybridized carbons (Fsp3) is 0.391. The van der Waals surface area contributed by atoms with E-state index in [1.165, 1.54) is 5.57 Å². The first-order chi connectivity index (χ1) is 12.8. The summed E-state index contributed by atoms with van der Waals surface area (Å²) in [6.45, 7) is 6.53. The summed E-state index contributed by atoms with van der Waals surface area (Å²) in [6.07, 6.45) is 11.1. The average Bonchev–Trinajstić information content (AvgIpc) is 2.68. The van der Waals surface area contributed by atoms with Crippen LogP contribution in [0.4, 0.5) is 0 Å². The van der Waals surface area contributed by atoms with Crippen LogP contribution >= 0.6 is 0 Å². The second kappa shape index (κ2) is 9.36. The van der Waals surface area contributed by atoms with Crippen LogP contribution in [0.15, 0.2) is 53.6 Å². The van der Waals surface area contributed by atoms with Crippen LogP contribution in [0.3, 0.4) is 0 Å². The second-order valence-electron chi connectivity index (χ2n) is 7.50. The van der Waals surface area contributed by atoms with Crippen LogP contribution < -0.4 is 9.47 Å². The molecule has 0 unspecified atom stereocenters. The Balaban J connectivity index is 2.16. The largest absolute Gasteiger partial charge is 0.493 e. The van der Waals surface area contributed by atoms with Crippen molar-refractivity contribution in [2.75, 3.05) is 13.7 Å². The van der Waals surface area contributed by atoms with E-state index in [1.807, 2.05) is 19.1 Å². The molecular weight excluding hydrogens is 340 g/mol. The quantitative estimate of drug-likeness (QED) is 0.536. The molecule has 0 N–H and O–H groups in total. The summed E-state index contributed by atoms with van der Waals surface area (Å²) in [5.74, 6) is 1.23. The van der Waals surface area contributed by atoms with Gasteiger partial charge in [-0.05, 0) is 67.0 Å². The zero-order valence-corrected chi connectivity index (χ0v) is 16.6. The highest BCUT2D eigenvalue weighted by atomic mass is 16.5. The van der Waals surface area contributed by atoms with Crippen LogP contribution in [-0.2, 0) is 4.79 Å². The number of aldehydes is 1. The molecule has 0 atom stereocenters. The number of benzene rings is 1. The van der Waals surface area contributed by atoms with Crippen molar-refractivity contribution < 1.29 is 19.1 Å². The standard InChI is InChI=1S/C23H28O4/c1-17-6-5-7-18(10-12-23(2,3)13-11-20(17)25)16-27-21-9-8-19(15-24)14-22(21)26-4/h6,8-11,13-15H,5,7,12,16H2,1-4H3/b13-11+,17-6+,18-10-. The van der Waals surface area contributed by atoms with Crippen LogP contribution in [0.25, 0.3) is 0 Å². The highest BCUT2D eigenvalue weighted by Gasteiger charge is 2.15. The number of methoxy groups -OCH3 is 1. The van der Waals surface area contributed by atoms with Crippen molar-refractivity contribution in [3.8, 4) is 11.5 Å². The molecule has 0 fully saturated rings. The summed E-state index contributed by atoms with van der Waals surface area (Å²) in [6, 6.07) is 5.13. The lowest BCUT2D eigenvalue weighted by Gasteiger charge is -2.19. The van der Waals surface area contributed by atoms with Gasteiger partial charge < -0.3 is 9.47 Å². The van der Waals surface area contributed by atoms with Gasteiger partial charge in [0.25, 0.3) is 0 Å². The number of allylic oxidation sites excluding steroid dienone is 5. The van der Waals surface area contributed by atoms with E-state index < -0.39 is 0 Å². The molecule has 1 aromatic carbocycles. The minimum atomic E-state index is -0.102. The topological polar surface area (TPSA) is 52.6 Å². The zero-order valence-electron chi connectivity index (χ0n) is 16.6. The van der Waals surface area contributed by atoms with Crippen LogP contribution in [0.1, 0.15) is 50.4 Å². The van der Waals surface area contributed by atoms with Gasteiger partial charge in [-0.15, -0.1) is 0 Å². The van der Waals surface area contributed by atoms with Gasteiger partial charge in [0.1, 0.15) is 12.9 Å². The van der Waals surface area contributed by atoms with E-state index in [2.05, 4.69) is 19.9 Å². The molecule has 0 spiro atoms. The second-order valence-corrected chi connectivity index (χ2v) is 7.50. The molecule has 0 saturated heterocycles. The van der Waals surface area contributed by atoms with Gasteiger partial charge in [-0.1, -0.05) is 32.1 Å². The van der Waals surface area contributed by atoms with Crippen LogP contribution in [0, 0.1) is 5.41 Å². The molecule has 2 rings (SSSR count). The van der Waals surface area contributed by atoms with Gasteiger partial charge in [-0.2, -0.15) is 0 Å². The molecule has 0 radical (unpaired) electrons. The summed E-state index contributed by atoms with van der Waals surface area (Å²) in [4.78, 5) is 23.0. The lowest BCUT2D eigenvalue weighted by atomic mass is 9.87. The molecule has 144 valence electrons. The van der Waals surface area contributed by atoms with Crippen molar-refractivity contribution in [1.82, 2.24) is 0 Å². The van der Waals surface area contributed by atoms with Crippen molar-refractivity contribution in [3.63, 3.8) is 0 Å². The Morgan fingerprint density at radius 2 is 1.96 bits per heavy atom. The summed E-state index contributed by atoms with van der Waals surface area (Å²) in [7, 11) is 1.56. The van der Waals surface area contributed by atoms with E-state index in [9.17, 15) is 9.59 Å². The lowest BCUT2D eigenvalue weighted by molar-refractivity contribution is -0.111. The number of hydrogen-bond donors (Lipinski definition) is 0. The molecule has 0 aliphatic heterocycles. The highest BCUT2D eigenvalue weighted by molar-refractivity contribution is 6.03. The normalized spacial score (nSPS) is 22.4. The first-order valence-electron chi connectivity index (χ1n) is 9.19. The summed E-state index contributed by atoms with van der Waals surface area (Å²) >= 11 is 0. The first kappa shape index (κ1) is 20.7. The Labute approximate surface area is 161 Å². The number of carbonyl (C=O) groups is 2. The van der Waals surface area contributed by atoms with E-state index in [0.29, 0.717) is 23.7 Å². The molecule has 27 heavy (non-hydrogen) atoms. The summed E-state index contributed by atoms with van der Waals surface area (Å²) in [5.41, 5.74) is 2.40. The minimum absolute atomic E-state index is 0.0720. The number of carbonyl (C=O) groups excluding carboxylic acids is 2. The van der Waals surface area contributed by atoms with Crippen molar-refractivity contribution in [3.05, 3.63) is 59.2 Å². The van der Waals surface area contributed by atoms with Gasteiger partial charge in [0.05, 0.1) is 7.11 Å². The van der Waals surface area contributed by atoms with Gasteiger partial charge in [0.15, 0.2) is 17.3 Å². The van der Waals surface area contributed by atoms with Gasteiger partial charge in [0, 0.05) is 5.56 Å². The smallest absolute Gasteiger partial charge is 0.180 e. The molecule has 1 aliphatic rings. The maximum Gasteiger partial charge on any atom is 0.180 e. The van der Waals surface area contributed by atoms with E-state index in [1.54, 1.807) is 31.4 Å². The van der Waals surface area contributed by atoms with Gasteiger partial charge >= 0.3 is 0 Å². The average molecular weight is 368 g/mol. The van der Waals surface area contributed by atoms with Gasteiger partial charge in [0.2, 0.25) is 0 Å². The first-order valence-corrected chi connectivity index (χ1v) is 9.19. The SMILES string of the molecule is COc1cc(C=O)ccc1OC/C1=C\CC(C)(C)/C=C/C(=O)/C(C)=C/CC1. The molecule has 1 aliphatic carbocycles. The summed E-state index contributed by atoms with van der Waals surface area (Å²) < 4.78 is 11.3. The van der Waals surface area contributed by atoms with E-state index in [0.717, 1.165) is 31.1 Å². The van der Waals surface area contributed by atoms with Crippen LogP contribution in [0.2, 0.25) is 0 Å². The molecule has 4 nitrogen and oxygen atoms in total. The third kappa shape index (κ3) is 6.24. The van der Waals surface area contributed by atoms with Crippen LogP contribution in [-0.4, -0.2) is 25.8 Å². The fourth-order valence-corrected chi connectivity index (χ4v) is 2.76. The predicted molar refractivity (Wildman–Crippen MR) is 107 cm³/mol. The molecule has 0 saturated carbocycles. The third-order valence-corrected chi connectivity index (χ3v) is 4.64. The lowest BCUT2D eigenvalue weighted by Crippen LogP contribution is -2.09. The minimum Gasteiger partial charge on any atom is -0.493 e. The molecule has 4 heteroatoms. The summed E-state index contributed by atoms with van der Waals surface area (Å²) in [5, 5.41) is 0. The Bertz CT molecular complexity index is 782. The highest BCUT2D eigenvalue weighted by Crippen LogP contribution is 2.29. The van der Waals surface area contributed by atoms with Gasteiger partial charge in [-0.25, -0.2) is 0 Å². The Morgan fingerprint density at radius 3 is 2.67 bits per heavy atom. The van der Waals surface area contributed by atoms with Crippen molar-refractivity contribution in [2.24, 2.45) is 5.41 Å². The maximum absolute atomic E-state index is 12.1. The molecule has 1 aromatic rings. The molecule has 0 bridgehead atoms. The third-order valence-electron chi connectivity index (χ3n) is 4.64.